The third-order valence-electron chi connectivity index (χ3n) is 3.37. The van der Waals surface area contributed by atoms with Crippen molar-refractivity contribution in [1.82, 2.24) is 25.1 Å². The van der Waals surface area contributed by atoms with Gasteiger partial charge in [-0.05, 0) is 24.5 Å². The van der Waals surface area contributed by atoms with Crippen molar-refractivity contribution in [3.05, 3.63) is 35.9 Å². The molecule has 0 aliphatic rings. The van der Waals surface area contributed by atoms with Crippen LogP contribution in [0, 0.1) is 0 Å². The van der Waals surface area contributed by atoms with Gasteiger partial charge in [0.05, 0.1) is 0 Å². The van der Waals surface area contributed by atoms with Gasteiger partial charge in [0.1, 0.15) is 5.69 Å². The molecular formula is C16H24N6O. The Kier molecular flexibility index (Phi) is 5.67. The van der Waals surface area contributed by atoms with E-state index in [0.29, 0.717) is 18.2 Å². The molecule has 7 nitrogen and oxygen atoms in total. The molecule has 0 aliphatic heterocycles. The van der Waals surface area contributed by atoms with Crippen LogP contribution in [0.3, 0.4) is 0 Å². The summed E-state index contributed by atoms with van der Waals surface area (Å²) in [6.07, 6.45) is 4.47. The second-order valence-electron chi connectivity index (χ2n) is 5.91. The van der Waals surface area contributed by atoms with Gasteiger partial charge in [-0.1, -0.05) is 13.8 Å². The summed E-state index contributed by atoms with van der Waals surface area (Å²) in [6.45, 7) is 5.45. The lowest BCUT2D eigenvalue weighted by Gasteiger charge is -2.15. The maximum atomic E-state index is 12.3. The summed E-state index contributed by atoms with van der Waals surface area (Å²) >= 11 is 0. The van der Waals surface area contributed by atoms with Crippen molar-refractivity contribution in [3.8, 4) is 0 Å². The molecule has 2 aromatic rings. The second-order valence-corrected chi connectivity index (χ2v) is 5.91. The summed E-state index contributed by atoms with van der Waals surface area (Å²) in [5.74, 6) is 0.624. The number of nitrogens with zero attached hydrogens (tertiary/aromatic N) is 5. The third kappa shape index (κ3) is 4.77. The fourth-order valence-corrected chi connectivity index (χ4v) is 2.03. The maximum Gasteiger partial charge on any atom is 0.270 e. The van der Waals surface area contributed by atoms with E-state index in [1.165, 1.54) is 0 Å². The number of hydrogen-bond donors (Lipinski definition) is 1. The number of carbonyl (C=O) groups excluding carboxylic acids is 1. The SMILES string of the molecule is CC(C)c1cc(C(=O)NCCCn2cccn2)nc(N(C)C)n1. The Labute approximate surface area is 136 Å². The zero-order valence-electron chi connectivity index (χ0n) is 14.2. The molecule has 1 amide bonds. The molecule has 0 atom stereocenters. The minimum Gasteiger partial charge on any atom is -0.351 e. The summed E-state index contributed by atoms with van der Waals surface area (Å²) in [4.78, 5) is 22.9. The number of carbonyl (C=O) groups is 1. The van der Waals surface area contributed by atoms with Gasteiger partial charge in [-0.25, -0.2) is 9.97 Å². The number of amides is 1. The standard InChI is InChI=1S/C16H24N6O/c1-12(2)13-11-14(20-16(19-13)21(3)4)15(23)17-7-5-9-22-10-6-8-18-22/h6,8,10-12H,5,7,9H2,1-4H3,(H,17,23). The minimum atomic E-state index is -0.169. The molecule has 124 valence electrons. The van der Waals surface area contributed by atoms with Crippen molar-refractivity contribution in [3.63, 3.8) is 0 Å². The van der Waals surface area contributed by atoms with Crippen molar-refractivity contribution in [1.29, 1.82) is 0 Å². The van der Waals surface area contributed by atoms with Crippen LogP contribution in [0.25, 0.3) is 0 Å². The first-order chi connectivity index (χ1) is 11.0. The Morgan fingerprint density at radius 3 is 2.74 bits per heavy atom. The van der Waals surface area contributed by atoms with E-state index in [4.69, 9.17) is 0 Å². The Balaban J connectivity index is 1.97. The van der Waals surface area contributed by atoms with Crippen LogP contribution in [0.4, 0.5) is 5.95 Å². The summed E-state index contributed by atoms with van der Waals surface area (Å²) in [7, 11) is 3.73. The van der Waals surface area contributed by atoms with Gasteiger partial charge >= 0.3 is 0 Å². The van der Waals surface area contributed by atoms with Gasteiger partial charge < -0.3 is 10.2 Å². The van der Waals surface area contributed by atoms with E-state index in [1.54, 1.807) is 17.2 Å². The average Bonchev–Trinajstić information content (AvgIpc) is 3.04. The number of hydrogen-bond acceptors (Lipinski definition) is 5. The Bertz CT molecular complexity index is 610. The molecule has 0 aliphatic carbocycles. The smallest absolute Gasteiger partial charge is 0.270 e. The first-order valence-corrected chi connectivity index (χ1v) is 7.79. The van der Waals surface area contributed by atoms with Crippen LogP contribution in [0.5, 0.6) is 0 Å². The Morgan fingerprint density at radius 2 is 2.13 bits per heavy atom. The highest BCUT2D eigenvalue weighted by Crippen LogP contribution is 2.16. The zero-order chi connectivity index (χ0) is 16.8. The number of rotatable bonds is 7. The molecule has 0 spiro atoms. The van der Waals surface area contributed by atoms with Gasteiger partial charge in [0, 0.05) is 45.3 Å². The molecule has 0 aromatic carbocycles. The summed E-state index contributed by atoms with van der Waals surface area (Å²) in [5, 5.41) is 7.04. The molecule has 0 saturated carbocycles. The van der Waals surface area contributed by atoms with Crippen LogP contribution in [-0.4, -0.2) is 46.3 Å². The van der Waals surface area contributed by atoms with E-state index >= 15 is 0 Å². The number of aromatic nitrogens is 4. The molecule has 23 heavy (non-hydrogen) atoms. The van der Waals surface area contributed by atoms with Crippen LogP contribution in [0.15, 0.2) is 24.5 Å². The van der Waals surface area contributed by atoms with E-state index in [-0.39, 0.29) is 11.8 Å². The number of anilines is 1. The topological polar surface area (TPSA) is 75.9 Å². The highest BCUT2D eigenvalue weighted by atomic mass is 16.1. The molecule has 7 heteroatoms. The molecule has 0 saturated heterocycles. The lowest BCUT2D eigenvalue weighted by atomic mass is 10.1. The van der Waals surface area contributed by atoms with Gasteiger partial charge in [-0.2, -0.15) is 5.10 Å². The average molecular weight is 316 g/mol. The van der Waals surface area contributed by atoms with Crippen molar-refractivity contribution < 1.29 is 4.79 Å². The molecule has 0 bridgehead atoms. The van der Waals surface area contributed by atoms with Crippen LogP contribution >= 0.6 is 0 Å². The van der Waals surface area contributed by atoms with Crippen LogP contribution < -0.4 is 10.2 Å². The molecule has 2 rings (SSSR count). The molecule has 2 heterocycles. The number of aryl methyl sites for hydroxylation is 1. The minimum absolute atomic E-state index is 0.169. The van der Waals surface area contributed by atoms with E-state index in [9.17, 15) is 4.79 Å². The van der Waals surface area contributed by atoms with E-state index in [0.717, 1.165) is 18.7 Å². The number of nitrogens with one attached hydrogen (secondary N) is 1. The zero-order valence-corrected chi connectivity index (χ0v) is 14.2. The highest BCUT2D eigenvalue weighted by Gasteiger charge is 2.14. The van der Waals surface area contributed by atoms with Crippen LogP contribution in [0.1, 0.15) is 42.4 Å². The predicted octanol–water partition coefficient (Wildman–Crippen LogP) is 1.68. The summed E-state index contributed by atoms with van der Waals surface area (Å²) in [5.41, 5.74) is 1.27. The first kappa shape index (κ1) is 16.9. The highest BCUT2D eigenvalue weighted by molar-refractivity contribution is 5.92. The van der Waals surface area contributed by atoms with Gasteiger partial charge in [-0.3, -0.25) is 9.48 Å². The largest absolute Gasteiger partial charge is 0.351 e. The van der Waals surface area contributed by atoms with Crippen LogP contribution in [-0.2, 0) is 6.54 Å². The van der Waals surface area contributed by atoms with E-state index < -0.39 is 0 Å². The summed E-state index contributed by atoms with van der Waals surface area (Å²) in [6, 6.07) is 3.65. The van der Waals surface area contributed by atoms with Crippen molar-refractivity contribution >= 4 is 11.9 Å². The van der Waals surface area contributed by atoms with E-state index in [1.807, 2.05) is 44.9 Å². The fourth-order valence-electron chi connectivity index (χ4n) is 2.03. The Morgan fingerprint density at radius 1 is 1.35 bits per heavy atom. The van der Waals surface area contributed by atoms with Crippen LogP contribution in [0.2, 0.25) is 0 Å². The predicted molar refractivity (Wildman–Crippen MR) is 89.6 cm³/mol. The van der Waals surface area contributed by atoms with E-state index in [2.05, 4.69) is 20.4 Å². The van der Waals surface area contributed by atoms with Crippen molar-refractivity contribution in [2.24, 2.45) is 0 Å². The Hall–Kier alpha value is -2.44. The lowest BCUT2D eigenvalue weighted by Crippen LogP contribution is -2.27. The second kappa shape index (κ2) is 7.71. The van der Waals surface area contributed by atoms with Gasteiger partial charge in [-0.15, -0.1) is 0 Å². The van der Waals surface area contributed by atoms with Gasteiger partial charge in [0.2, 0.25) is 5.95 Å². The molecule has 0 fully saturated rings. The van der Waals surface area contributed by atoms with Gasteiger partial charge in [0.25, 0.3) is 5.91 Å². The van der Waals surface area contributed by atoms with Crippen molar-refractivity contribution in [2.45, 2.75) is 32.7 Å². The third-order valence-corrected chi connectivity index (χ3v) is 3.37. The van der Waals surface area contributed by atoms with Crippen molar-refractivity contribution in [2.75, 3.05) is 25.5 Å². The quantitative estimate of drug-likeness (QED) is 0.787. The first-order valence-electron chi connectivity index (χ1n) is 7.79. The van der Waals surface area contributed by atoms with Gasteiger partial charge in [0.15, 0.2) is 0 Å². The molecular weight excluding hydrogens is 292 g/mol. The molecule has 2 aromatic heterocycles. The maximum absolute atomic E-state index is 12.3. The lowest BCUT2D eigenvalue weighted by molar-refractivity contribution is 0.0947. The molecule has 0 radical (unpaired) electrons. The normalized spacial score (nSPS) is 10.8. The summed E-state index contributed by atoms with van der Waals surface area (Å²) < 4.78 is 1.85. The molecule has 1 N–H and O–H groups in total. The monoisotopic (exact) mass is 316 g/mol. The molecule has 0 unspecified atom stereocenters. The fraction of sp³-hybridized carbons (Fsp3) is 0.500.